The highest BCUT2D eigenvalue weighted by molar-refractivity contribution is 5.81. The molecule has 5 heteroatoms. The van der Waals surface area contributed by atoms with Crippen LogP contribution in [0.4, 0.5) is 17.1 Å². The number of anilines is 3. The van der Waals surface area contributed by atoms with Gasteiger partial charge in [0.15, 0.2) is 6.29 Å². The maximum Gasteiger partial charge on any atom is 0.330 e. The molecule has 0 amide bonds. The second-order valence-corrected chi connectivity index (χ2v) is 7.83. The van der Waals surface area contributed by atoms with Crippen molar-refractivity contribution in [1.29, 1.82) is 0 Å². The number of benzene rings is 3. The van der Waals surface area contributed by atoms with Crippen molar-refractivity contribution in [2.75, 3.05) is 4.90 Å². The van der Waals surface area contributed by atoms with E-state index in [2.05, 4.69) is 49.2 Å². The van der Waals surface area contributed by atoms with Gasteiger partial charge in [-0.05, 0) is 66.9 Å². The lowest BCUT2D eigenvalue weighted by molar-refractivity contribution is -0.138. The fourth-order valence-corrected chi connectivity index (χ4v) is 3.15. The maximum absolute atomic E-state index is 11.3. The van der Waals surface area contributed by atoms with E-state index in [4.69, 9.17) is 9.47 Å². The summed E-state index contributed by atoms with van der Waals surface area (Å²) in [5, 5.41) is 9.79. The molecule has 0 saturated heterocycles. The molecular formula is C28H29NO4. The average molecular weight is 444 g/mol. The number of nitrogens with zero attached hydrogens (tertiary/aromatic N) is 1. The first kappa shape index (κ1) is 24.0. The summed E-state index contributed by atoms with van der Waals surface area (Å²) in [5.74, 6) is -0.444. The number of hydrogen-bond donors (Lipinski definition) is 1. The van der Waals surface area contributed by atoms with Gasteiger partial charge in [-0.25, -0.2) is 4.79 Å². The summed E-state index contributed by atoms with van der Waals surface area (Å²) >= 11 is 0. The van der Waals surface area contributed by atoms with Gasteiger partial charge in [0.1, 0.15) is 6.61 Å². The van der Waals surface area contributed by atoms with Gasteiger partial charge < -0.3 is 19.5 Å². The Hall–Kier alpha value is -3.67. The number of aliphatic hydroxyl groups is 1. The summed E-state index contributed by atoms with van der Waals surface area (Å²) in [4.78, 5) is 13.5. The molecule has 1 unspecified atom stereocenters. The van der Waals surface area contributed by atoms with Crippen LogP contribution in [0.1, 0.15) is 23.6 Å². The zero-order chi connectivity index (χ0) is 23.8. The molecule has 0 radical (unpaired) electrons. The first-order valence-electron chi connectivity index (χ1n) is 10.7. The molecule has 0 heterocycles. The smallest absolute Gasteiger partial charge is 0.330 e. The summed E-state index contributed by atoms with van der Waals surface area (Å²) in [6.45, 7) is 11.4. The van der Waals surface area contributed by atoms with Crippen molar-refractivity contribution in [3.8, 4) is 0 Å². The van der Waals surface area contributed by atoms with E-state index in [1.165, 1.54) is 5.56 Å². The van der Waals surface area contributed by atoms with Gasteiger partial charge >= 0.3 is 5.97 Å². The van der Waals surface area contributed by atoms with Crippen LogP contribution >= 0.6 is 0 Å². The van der Waals surface area contributed by atoms with Gasteiger partial charge in [-0.1, -0.05) is 55.1 Å². The number of ether oxygens (including phenoxy) is 2. The van der Waals surface area contributed by atoms with Crippen molar-refractivity contribution in [2.24, 2.45) is 0 Å². The van der Waals surface area contributed by atoms with E-state index in [1.54, 1.807) is 6.92 Å². The molecule has 33 heavy (non-hydrogen) atoms. The molecule has 1 N–H and O–H groups in total. The molecule has 3 rings (SSSR count). The topological polar surface area (TPSA) is 59.0 Å². The maximum atomic E-state index is 11.3. The van der Waals surface area contributed by atoms with Crippen LogP contribution in [0.3, 0.4) is 0 Å². The zero-order valence-electron chi connectivity index (χ0n) is 19.0. The molecule has 0 spiro atoms. The summed E-state index contributed by atoms with van der Waals surface area (Å²) < 4.78 is 10.6. The summed E-state index contributed by atoms with van der Waals surface area (Å²) in [7, 11) is 0. The van der Waals surface area contributed by atoms with E-state index in [9.17, 15) is 9.90 Å². The molecule has 0 fully saturated rings. The van der Waals surface area contributed by atoms with Crippen molar-refractivity contribution in [2.45, 2.75) is 33.4 Å². The fraction of sp³-hybridized carbons (Fsp3) is 0.179. The van der Waals surface area contributed by atoms with E-state index in [1.807, 2.05) is 48.5 Å². The molecule has 0 aliphatic rings. The van der Waals surface area contributed by atoms with Crippen LogP contribution in [0.2, 0.25) is 0 Å². The van der Waals surface area contributed by atoms with Crippen LogP contribution in [-0.2, 0) is 27.5 Å². The van der Waals surface area contributed by atoms with Crippen molar-refractivity contribution in [3.63, 3.8) is 0 Å². The van der Waals surface area contributed by atoms with E-state index in [0.717, 1.165) is 34.3 Å². The number of aryl methyl sites for hydroxylation is 1. The predicted molar refractivity (Wildman–Crippen MR) is 131 cm³/mol. The lowest BCUT2D eigenvalue weighted by Gasteiger charge is -2.26. The number of rotatable bonds is 10. The van der Waals surface area contributed by atoms with Crippen LogP contribution in [0, 0.1) is 6.92 Å². The summed E-state index contributed by atoms with van der Waals surface area (Å²) in [6, 6.07) is 24.2. The van der Waals surface area contributed by atoms with E-state index in [-0.39, 0.29) is 13.2 Å². The van der Waals surface area contributed by atoms with Crippen molar-refractivity contribution in [3.05, 3.63) is 114 Å². The molecule has 170 valence electrons. The molecule has 0 bridgehead atoms. The van der Waals surface area contributed by atoms with Gasteiger partial charge in [-0.2, -0.15) is 0 Å². The standard InChI is InChI=1S/C28H29NO4/c1-5-27(30)32-18-22-8-14-25(15-9-22)29(24-12-6-21(4)7-13-24)26-16-10-23(11-17-26)19-33-28(31)20(2)3/h5-17,28,31H,1-2,18-19H2,3-4H3. The number of carbonyl (C=O) groups is 1. The Bertz CT molecular complexity index is 1090. The Morgan fingerprint density at radius 3 is 1.82 bits per heavy atom. The fourth-order valence-electron chi connectivity index (χ4n) is 3.15. The lowest BCUT2D eigenvalue weighted by atomic mass is 10.1. The first-order chi connectivity index (χ1) is 15.9. The summed E-state index contributed by atoms with van der Waals surface area (Å²) in [5.41, 5.74) is 6.56. The number of esters is 1. The Kier molecular flexibility index (Phi) is 8.19. The van der Waals surface area contributed by atoms with Crippen LogP contribution in [-0.4, -0.2) is 17.4 Å². The molecule has 0 aromatic heterocycles. The molecule has 1 atom stereocenters. The third-order valence-electron chi connectivity index (χ3n) is 5.06. The third kappa shape index (κ3) is 6.65. The summed E-state index contributed by atoms with van der Waals surface area (Å²) in [6.07, 6.45) is 0.180. The monoisotopic (exact) mass is 443 g/mol. The minimum absolute atomic E-state index is 0.195. The van der Waals surface area contributed by atoms with Gasteiger partial charge in [-0.3, -0.25) is 0 Å². The minimum Gasteiger partial charge on any atom is -0.458 e. The van der Waals surface area contributed by atoms with Gasteiger partial charge in [0.25, 0.3) is 0 Å². The second-order valence-electron chi connectivity index (χ2n) is 7.83. The molecule has 3 aromatic carbocycles. The highest BCUT2D eigenvalue weighted by Crippen LogP contribution is 2.35. The van der Waals surface area contributed by atoms with Crippen LogP contribution in [0.15, 0.2) is 97.6 Å². The van der Waals surface area contributed by atoms with Gasteiger partial charge in [0, 0.05) is 23.1 Å². The van der Waals surface area contributed by atoms with E-state index < -0.39 is 12.3 Å². The second kappa shape index (κ2) is 11.3. The van der Waals surface area contributed by atoms with Crippen LogP contribution in [0.25, 0.3) is 0 Å². The first-order valence-corrected chi connectivity index (χ1v) is 10.7. The molecule has 0 aliphatic carbocycles. The minimum atomic E-state index is -0.974. The van der Waals surface area contributed by atoms with Gasteiger partial charge in [0.05, 0.1) is 6.61 Å². The Labute approximate surface area is 195 Å². The molecular weight excluding hydrogens is 414 g/mol. The quantitative estimate of drug-likeness (QED) is 0.177. The van der Waals surface area contributed by atoms with Crippen LogP contribution < -0.4 is 4.90 Å². The predicted octanol–water partition coefficient (Wildman–Crippen LogP) is 6.11. The molecule has 3 aromatic rings. The van der Waals surface area contributed by atoms with Crippen LogP contribution in [0.5, 0.6) is 0 Å². The molecule has 0 aliphatic heterocycles. The Morgan fingerprint density at radius 1 is 0.909 bits per heavy atom. The molecule has 0 saturated carbocycles. The van der Waals surface area contributed by atoms with Crippen molar-refractivity contribution >= 4 is 23.0 Å². The Morgan fingerprint density at radius 2 is 1.36 bits per heavy atom. The lowest BCUT2D eigenvalue weighted by Crippen LogP contribution is -2.13. The van der Waals surface area contributed by atoms with E-state index >= 15 is 0 Å². The van der Waals surface area contributed by atoms with Crippen molar-refractivity contribution in [1.82, 2.24) is 0 Å². The third-order valence-corrected chi connectivity index (χ3v) is 5.06. The number of carbonyl (C=O) groups excluding carboxylic acids is 1. The SMILES string of the molecule is C=CC(=O)OCc1ccc(N(c2ccc(C)cc2)c2ccc(COC(O)C(=C)C)cc2)cc1. The highest BCUT2D eigenvalue weighted by atomic mass is 16.6. The average Bonchev–Trinajstić information content (AvgIpc) is 2.83. The normalized spacial score (nSPS) is 11.5. The van der Waals surface area contributed by atoms with Crippen molar-refractivity contribution < 1.29 is 19.4 Å². The zero-order valence-corrected chi connectivity index (χ0v) is 19.0. The number of aliphatic hydroxyl groups excluding tert-OH is 1. The molecule has 5 nitrogen and oxygen atoms in total. The van der Waals surface area contributed by atoms with E-state index in [0.29, 0.717) is 5.57 Å². The van der Waals surface area contributed by atoms with Gasteiger partial charge in [0.2, 0.25) is 0 Å². The highest BCUT2D eigenvalue weighted by Gasteiger charge is 2.13. The number of hydrogen-bond acceptors (Lipinski definition) is 5. The van der Waals surface area contributed by atoms with Gasteiger partial charge in [-0.15, -0.1) is 0 Å². The largest absolute Gasteiger partial charge is 0.458 e. The Balaban J connectivity index is 1.85.